The third-order valence-electron chi connectivity index (χ3n) is 3.48. The molecule has 0 spiro atoms. The molecule has 0 bridgehead atoms. The molecule has 20 heavy (non-hydrogen) atoms. The number of carbonyl (C=O) groups is 2. The highest BCUT2D eigenvalue weighted by molar-refractivity contribution is 9.10. The molecule has 1 fully saturated rings. The Kier molecular flexibility index (Phi) is 5.00. The third kappa shape index (κ3) is 3.96. The van der Waals surface area contributed by atoms with Crippen LogP contribution in [0.3, 0.4) is 0 Å². The number of carboxylic acid groups (broad SMARTS) is 1. The number of aliphatic carboxylic acids is 1. The molecule has 1 aliphatic rings. The summed E-state index contributed by atoms with van der Waals surface area (Å²) in [6, 6.07) is 6.59. The minimum Gasteiger partial charge on any atom is -0.481 e. The van der Waals surface area contributed by atoms with Gasteiger partial charge in [-0.1, -0.05) is 34.8 Å². The Balaban J connectivity index is 1.94. The SMILES string of the molecule is O=C(Nc1cccc(Br)c1)NC1CCCCC1C(=O)O. The number of benzene rings is 1. The minimum atomic E-state index is -0.836. The topological polar surface area (TPSA) is 78.4 Å². The maximum atomic E-state index is 11.9. The Morgan fingerprint density at radius 3 is 2.70 bits per heavy atom. The van der Waals surface area contributed by atoms with Crippen LogP contribution in [0, 0.1) is 5.92 Å². The van der Waals surface area contributed by atoms with Gasteiger partial charge >= 0.3 is 12.0 Å². The zero-order valence-corrected chi connectivity index (χ0v) is 12.5. The van der Waals surface area contributed by atoms with E-state index in [0.29, 0.717) is 18.5 Å². The first kappa shape index (κ1) is 14.8. The Morgan fingerprint density at radius 1 is 1.25 bits per heavy atom. The van der Waals surface area contributed by atoms with E-state index in [1.165, 1.54) is 0 Å². The Hall–Kier alpha value is -1.56. The predicted molar refractivity (Wildman–Crippen MR) is 79.7 cm³/mol. The van der Waals surface area contributed by atoms with E-state index in [0.717, 1.165) is 17.3 Å². The fourth-order valence-corrected chi connectivity index (χ4v) is 2.90. The lowest BCUT2D eigenvalue weighted by Crippen LogP contribution is -2.46. The highest BCUT2D eigenvalue weighted by Gasteiger charge is 2.31. The third-order valence-corrected chi connectivity index (χ3v) is 3.98. The van der Waals surface area contributed by atoms with Crippen molar-refractivity contribution in [3.05, 3.63) is 28.7 Å². The van der Waals surface area contributed by atoms with Crippen molar-refractivity contribution >= 4 is 33.6 Å². The number of amides is 2. The second-order valence-corrected chi connectivity index (χ2v) is 5.86. The highest BCUT2D eigenvalue weighted by Crippen LogP contribution is 2.25. The molecular formula is C14H17BrN2O3. The molecule has 3 N–H and O–H groups in total. The molecule has 108 valence electrons. The van der Waals surface area contributed by atoms with E-state index in [9.17, 15) is 9.59 Å². The summed E-state index contributed by atoms with van der Waals surface area (Å²) < 4.78 is 0.872. The van der Waals surface area contributed by atoms with Crippen LogP contribution in [-0.2, 0) is 4.79 Å². The van der Waals surface area contributed by atoms with Crippen LogP contribution < -0.4 is 10.6 Å². The van der Waals surface area contributed by atoms with Gasteiger partial charge in [0.2, 0.25) is 0 Å². The molecule has 2 unspecified atom stereocenters. The lowest BCUT2D eigenvalue weighted by molar-refractivity contribution is -0.143. The summed E-state index contributed by atoms with van der Waals surface area (Å²) in [5.74, 6) is -1.32. The first-order valence-electron chi connectivity index (χ1n) is 6.62. The first-order chi connectivity index (χ1) is 9.56. The number of halogens is 1. The zero-order valence-electron chi connectivity index (χ0n) is 10.9. The quantitative estimate of drug-likeness (QED) is 0.790. The fourth-order valence-electron chi connectivity index (χ4n) is 2.50. The highest BCUT2D eigenvalue weighted by atomic mass is 79.9. The normalized spacial score (nSPS) is 22.1. The number of nitrogens with one attached hydrogen (secondary N) is 2. The van der Waals surface area contributed by atoms with Crippen molar-refractivity contribution in [1.82, 2.24) is 5.32 Å². The molecule has 2 amide bonds. The van der Waals surface area contributed by atoms with Gasteiger partial charge < -0.3 is 15.7 Å². The summed E-state index contributed by atoms with van der Waals surface area (Å²) in [4.78, 5) is 23.1. The molecule has 0 aromatic heterocycles. The van der Waals surface area contributed by atoms with E-state index in [-0.39, 0.29) is 12.1 Å². The smallest absolute Gasteiger partial charge is 0.319 e. The average Bonchev–Trinajstić information content (AvgIpc) is 2.38. The van der Waals surface area contributed by atoms with Crippen molar-refractivity contribution in [3.8, 4) is 0 Å². The van der Waals surface area contributed by atoms with Crippen LogP contribution >= 0.6 is 15.9 Å². The summed E-state index contributed by atoms with van der Waals surface area (Å²) >= 11 is 3.33. The Morgan fingerprint density at radius 2 is 2.00 bits per heavy atom. The second kappa shape index (κ2) is 6.74. The zero-order chi connectivity index (χ0) is 14.5. The van der Waals surface area contributed by atoms with Gasteiger partial charge in [0.05, 0.1) is 5.92 Å². The molecular weight excluding hydrogens is 324 g/mol. The molecule has 2 atom stereocenters. The van der Waals surface area contributed by atoms with Gasteiger partial charge in [0.25, 0.3) is 0 Å². The number of urea groups is 1. The summed E-state index contributed by atoms with van der Waals surface area (Å²) in [5, 5.41) is 14.7. The number of carbonyl (C=O) groups excluding carboxylic acids is 1. The van der Waals surface area contributed by atoms with Crippen molar-refractivity contribution in [2.45, 2.75) is 31.7 Å². The van der Waals surface area contributed by atoms with Gasteiger partial charge in [-0.15, -0.1) is 0 Å². The first-order valence-corrected chi connectivity index (χ1v) is 7.41. The molecule has 0 heterocycles. The van der Waals surface area contributed by atoms with Gasteiger partial charge in [0.1, 0.15) is 0 Å². The largest absolute Gasteiger partial charge is 0.481 e. The molecule has 1 aromatic carbocycles. The minimum absolute atomic E-state index is 0.298. The number of anilines is 1. The van der Waals surface area contributed by atoms with Crippen LogP contribution in [-0.4, -0.2) is 23.1 Å². The van der Waals surface area contributed by atoms with Gasteiger partial charge in [-0.25, -0.2) is 4.79 Å². The molecule has 0 aliphatic heterocycles. The van der Waals surface area contributed by atoms with E-state index in [1.807, 2.05) is 12.1 Å². The maximum Gasteiger partial charge on any atom is 0.319 e. The predicted octanol–water partition coefficient (Wildman–Crippen LogP) is 3.21. The van der Waals surface area contributed by atoms with Gasteiger partial charge in [-0.2, -0.15) is 0 Å². The molecule has 1 saturated carbocycles. The number of rotatable bonds is 3. The van der Waals surface area contributed by atoms with Crippen molar-refractivity contribution in [2.75, 3.05) is 5.32 Å². The summed E-state index contributed by atoms with van der Waals surface area (Å²) in [7, 11) is 0. The Labute approximate surface area is 125 Å². The van der Waals surface area contributed by atoms with Crippen LogP contribution in [0.2, 0.25) is 0 Å². The summed E-state index contributed by atoms with van der Waals surface area (Å²) in [6.07, 6.45) is 3.19. The lowest BCUT2D eigenvalue weighted by atomic mass is 9.84. The monoisotopic (exact) mass is 340 g/mol. The van der Waals surface area contributed by atoms with Crippen molar-refractivity contribution in [2.24, 2.45) is 5.92 Å². The standard InChI is InChI=1S/C14H17BrN2O3/c15-9-4-3-5-10(8-9)16-14(20)17-12-7-2-1-6-11(12)13(18)19/h3-5,8,11-12H,1-2,6-7H2,(H,18,19)(H2,16,17,20). The van der Waals surface area contributed by atoms with Crippen LogP contribution in [0.1, 0.15) is 25.7 Å². The maximum absolute atomic E-state index is 11.9. The average molecular weight is 341 g/mol. The van der Waals surface area contributed by atoms with Crippen molar-refractivity contribution in [3.63, 3.8) is 0 Å². The van der Waals surface area contributed by atoms with Crippen LogP contribution in [0.15, 0.2) is 28.7 Å². The number of hydrogen-bond donors (Lipinski definition) is 3. The van der Waals surface area contributed by atoms with Gasteiger partial charge in [-0.3, -0.25) is 4.79 Å². The van der Waals surface area contributed by atoms with E-state index >= 15 is 0 Å². The van der Waals surface area contributed by atoms with E-state index in [4.69, 9.17) is 5.11 Å². The van der Waals surface area contributed by atoms with Gasteiger partial charge in [0, 0.05) is 16.2 Å². The van der Waals surface area contributed by atoms with Crippen LogP contribution in [0.25, 0.3) is 0 Å². The van der Waals surface area contributed by atoms with Crippen molar-refractivity contribution in [1.29, 1.82) is 0 Å². The lowest BCUT2D eigenvalue weighted by Gasteiger charge is -2.29. The van der Waals surface area contributed by atoms with E-state index in [2.05, 4.69) is 26.6 Å². The van der Waals surface area contributed by atoms with E-state index in [1.54, 1.807) is 12.1 Å². The number of hydrogen-bond acceptors (Lipinski definition) is 2. The second-order valence-electron chi connectivity index (χ2n) is 4.94. The molecule has 5 nitrogen and oxygen atoms in total. The summed E-state index contributed by atoms with van der Waals surface area (Å²) in [5.41, 5.74) is 0.666. The van der Waals surface area contributed by atoms with E-state index < -0.39 is 11.9 Å². The van der Waals surface area contributed by atoms with Gasteiger partial charge in [0.15, 0.2) is 0 Å². The number of carboxylic acids is 1. The fraction of sp³-hybridized carbons (Fsp3) is 0.429. The Bertz CT molecular complexity index is 507. The van der Waals surface area contributed by atoms with Crippen molar-refractivity contribution < 1.29 is 14.7 Å². The summed E-state index contributed by atoms with van der Waals surface area (Å²) in [6.45, 7) is 0. The van der Waals surface area contributed by atoms with Crippen LogP contribution in [0.5, 0.6) is 0 Å². The molecule has 2 rings (SSSR count). The molecule has 0 saturated heterocycles. The molecule has 1 aliphatic carbocycles. The molecule has 0 radical (unpaired) electrons. The molecule has 1 aromatic rings. The van der Waals surface area contributed by atoms with Gasteiger partial charge in [-0.05, 0) is 31.0 Å². The molecule has 6 heteroatoms. The van der Waals surface area contributed by atoms with Crippen LogP contribution in [0.4, 0.5) is 10.5 Å².